The Morgan fingerprint density at radius 3 is 2.73 bits per heavy atom. The highest BCUT2D eigenvalue weighted by atomic mass is 19.1. The first-order chi connectivity index (χ1) is 7.26. The van der Waals surface area contributed by atoms with Crippen LogP contribution in [0.4, 0.5) is 4.39 Å². The second kappa shape index (κ2) is 6.40. The summed E-state index contributed by atoms with van der Waals surface area (Å²) in [4.78, 5) is 2.26. The van der Waals surface area contributed by atoms with E-state index in [1.165, 1.54) is 12.1 Å². The van der Waals surface area contributed by atoms with Crippen LogP contribution >= 0.6 is 0 Å². The van der Waals surface area contributed by atoms with Crippen LogP contribution in [0.5, 0.6) is 5.75 Å². The van der Waals surface area contributed by atoms with E-state index in [9.17, 15) is 4.39 Å². The Morgan fingerprint density at radius 1 is 1.40 bits per heavy atom. The van der Waals surface area contributed by atoms with Crippen molar-refractivity contribution in [2.24, 2.45) is 0 Å². The molecule has 0 fully saturated rings. The summed E-state index contributed by atoms with van der Waals surface area (Å²) in [6.45, 7) is 7.70. The molecule has 0 unspecified atom stereocenters. The lowest BCUT2D eigenvalue weighted by atomic mass is 10.3. The Bertz CT molecular complexity index is 287. The summed E-state index contributed by atoms with van der Waals surface area (Å²) >= 11 is 0. The standard InChI is InChI=1S/C12H17FNO/c1-3-14(4-2)8-9-15-12-7-5-6-11(13)10-12/h5,7,10H,3-4,8-9H2,1-2H3. The van der Waals surface area contributed by atoms with Crippen LogP contribution in [0.25, 0.3) is 0 Å². The van der Waals surface area contributed by atoms with Crippen molar-refractivity contribution in [3.8, 4) is 5.75 Å². The van der Waals surface area contributed by atoms with E-state index < -0.39 is 0 Å². The summed E-state index contributed by atoms with van der Waals surface area (Å²) in [5, 5.41) is 0. The van der Waals surface area contributed by atoms with Crippen LogP contribution in [0.15, 0.2) is 18.2 Å². The molecule has 1 aromatic rings. The average Bonchev–Trinajstić information content (AvgIpc) is 2.25. The normalized spacial score (nSPS) is 10.7. The van der Waals surface area contributed by atoms with Gasteiger partial charge in [-0.2, -0.15) is 0 Å². The van der Waals surface area contributed by atoms with E-state index in [2.05, 4.69) is 24.8 Å². The molecule has 0 amide bonds. The number of rotatable bonds is 6. The zero-order valence-corrected chi connectivity index (χ0v) is 9.29. The maximum Gasteiger partial charge on any atom is 0.134 e. The van der Waals surface area contributed by atoms with Gasteiger partial charge in [0, 0.05) is 18.7 Å². The summed E-state index contributed by atoms with van der Waals surface area (Å²) < 4.78 is 18.2. The number of benzene rings is 1. The number of halogens is 1. The van der Waals surface area contributed by atoms with Crippen LogP contribution in [0.1, 0.15) is 13.8 Å². The van der Waals surface area contributed by atoms with Crippen molar-refractivity contribution in [2.45, 2.75) is 13.8 Å². The SMILES string of the molecule is CCN(CC)CCOc1cc[c]c(F)c1. The highest BCUT2D eigenvalue weighted by molar-refractivity contribution is 5.21. The van der Waals surface area contributed by atoms with Crippen molar-refractivity contribution in [2.75, 3.05) is 26.2 Å². The Labute approximate surface area is 90.7 Å². The quantitative estimate of drug-likeness (QED) is 0.714. The number of hydrogen-bond donors (Lipinski definition) is 0. The van der Waals surface area contributed by atoms with Gasteiger partial charge < -0.3 is 9.64 Å². The molecule has 1 rings (SSSR count). The van der Waals surface area contributed by atoms with Crippen LogP contribution in [0, 0.1) is 11.9 Å². The fraction of sp³-hybridized carbons (Fsp3) is 0.500. The predicted octanol–water partition coefficient (Wildman–Crippen LogP) is 2.35. The van der Waals surface area contributed by atoms with Crippen LogP contribution in [-0.4, -0.2) is 31.1 Å². The van der Waals surface area contributed by atoms with Gasteiger partial charge in [-0.25, -0.2) is 4.39 Å². The van der Waals surface area contributed by atoms with E-state index >= 15 is 0 Å². The molecule has 0 aliphatic heterocycles. The molecule has 2 nitrogen and oxygen atoms in total. The topological polar surface area (TPSA) is 12.5 Å². The van der Waals surface area contributed by atoms with E-state index in [1.807, 2.05) is 0 Å². The second-order valence-electron chi connectivity index (χ2n) is 3.25. The third-order valence-corrected chi connectivity index (χ3v) is 2.31. The highest BCUT2D eigenvalue weighted by Crippen LogP contribution is 2.11. The number of ether oxygens (including phenoxy) is 1. The Kier molecular flexibility index (Phi) is 5.12. The lowest BCUT2D eigenvalue weighted by Gasteiger charge is -2.17. The smallest absolute Gasteiger partial charge is 0.134 e. The Balaban J connectivity index is 2.31. The zero-order chi connectivity index (χ0) is 11.1. The molecule has 15 heavy (non-hydrogen) atoms. The Hall–Kier alpha value is -1.09. The van der Waals surface area contributed by atoms with Gasteiger partial charge in [0.1, 0.15) is 18.2 Å². The maximum absolute atomic E-state index is 12.7. The minimum absolute atomic E-state index is 0.379. The molecule has 0 heterocycles. The summed E-state index contributed by atoms with van der Waals surface area (Å²) in [5.74, 6) is 0.189. The molecule has 0 atom stereocenters. The van der Waals surface area contributed by atoms with Crippen molar-refractivity contribution in [3.05, 3.63) is 30.1 Å². The molecule has 0 aliphatic rings. The molecule has 3 heteroatoms. The van der Waals surface area contributed by atoms with Crippen LogP contribution in [-0.2, 0) is 0 Å². The van der Waals surface area contributed by atoms with Crippen molar-refractivity contribution in [3.63, 3.8) is 0 Å². The van der Waals surface area contributed by atoms with Crippen LogP contribution in [0.2, 0.25) is 0 Å². The van der Waals surface area contributed by atoms with E-state index in [-0.39, 0.29) is 5.82 Å². The predicted molar refractivity (Wildman–Crippen MR) is 58.5 cm³/mol. The molecule has 0 aromatic heterocycles. The summed E-state index contributed by atoms with van der Waals surface area (Å²) in [7, 11) is 0. The molecule has 1 aromatic carbocycles. The summed E-state index contributed by atoms with van der Waals surface area (Å²) in [5.41, 5.74) is 0. The van der Waals surface area contributed by atoms with Crippen molar-refractivity contribution in [1.29, 1.82) is 0 Å². The molecule has 0 saturated carbocycles. The number of hydrogen-bond acceptors (Lipinski definition) is 2. The molecule has 0 saturated heterocycles. The first kappa shape index (κ1) is 12.0. The van der Waals surface area contributed by atoms with Gasteiger partial charge in [-0.3, -0.25) is 0 Å². The van der Waals surface area contributed by atoms with E-state index in [1.54, 1.807) is 6.07 Å². The number of likely N-dealkylation sites (N-methyl/N-ethyl adjacent to an activating group) is 1. The monoisotopic (exact) mass is 210 g/mol. The van der Waals surface area contributed by atoms with E-state index in [0.717, 1.165) is 19.6 Å². The number of nitrogens with zero attached hydrogens (tertiary/aromatic N) is 1. The summed E-state index contributed by atoms with van der Waals surface area (Å²) in [6, 6.07) is 7.03. The van der Waals surface area contributed by atoms with Gasteiger partial charge in [0.25, 0.3) is 0 Å². The van der Waals surface area contributed by atoms with Gasteiger partial charge in [-0.15, -0.1) is 0 Å². The molecule has 83 valence electrons. The molecular formula is C12H17FNO. The fourth-order valence-electron chi connectivity index (χ4n) is 1.34. The summed E-state index contributed by atoms with van der Waals surface area (Å²) in [6.07, 6.45) is 0. The van der Waals surface area contributed by atoms with Crippen molar-refractivity contribution in [1.82, 2.24) is 4.90 Å². The molecule has 0 N–H and O–H groups in total. The average molecular weight is 210 g/mol. The third-order valence-electron chi connectivity index (χ3n) is 2.31. The highest BCUT2D eigenvalue weighted by Gasteiger charge is 2.00. The zero-order valence-electron chi connectivity index (χ0n) is 9.29. The molecule has 0 aliphatic carbocycles. The van der Waals surface area contributed by atoms with Gasteiger partial charge in [0.2, 0.25) is 0 Å². The molecule has 1 radical (unpaired) electrons. The largest absolute Gasteiger partial charge is 0.492 e. The van der Waals surface area contributed by atoms with Crippen molar-refractivity contribution >= 4 is 0 Å². The van der Waals surface area contributed by atoms with Gasteiger partial charge in [0.05, 0.1) is 0 Å². The van der Waals surface area contributed by atoms with Crippen LogP contribution in [0.3, 0.4) is 0 Å². The lowest BCUT2D eigenvalue weighted by Crippen LogP contribution is -2.27. The second-order valence-corrected chi connectivity index (χ2v) is 3.25. The molecule has 0 bridgehead atoms. The first-order valence-electron chi connectivity index (χ1n) is 5.28. The van der Waals surface area contributed by atoms with Crippen LogP contribution < -0.4 is 4.74 Å². The van der Waals surface area contributed by atoms with Gasteiger partial charge in [-0.05, 0) is 25.2 Å². The molecular weight excluding hydrogens is 193 g/mol. The maximum atomic E-state index is 12.7. The minimum atomic E-state index is -0.379. The van der Waals surface area contributed by atoms with Gasteiger partial charge in [0.15, 0.2) is 0 Å². The Morgan fingerprint density at radius 2 is 2.13 bits per heavy atom. The van der Waals surface area contributed by atoms with E-state index in [4.69, 9.17) is 4.74 Å². The van der Waals surface area contributed by atoms with Crippen molar-refractivity contribution < 1.29 is 9.13 Å². The van der Waals surface area contributed by atoms with Gasteiger partial charge >= 0.3 is 0 Å². The first-order valence-corrected chi connectivity index (χ1v) is 5.28. The minimum Gasteiger partial charge on any atom is -0.492 e. The lowest BCUT2D eigenvalue weighted by molar-refractivity contribution is 0.222. The third kappa shape index (κ3) is 4.30. The molecule has 0 spiro atoms. The van der Waals surface area contributed by atoms with Gasteiger partial charge in [-0.1, -0.05) is 13.8 Å². The van der Waals surface area contributed by atoms with E-state index in [0.29, 0.717) is 12.4 Å². The fourth-order valence-corrected chi connectivity index (χ4v) is 1.34.